The van der Waals surface area contributed by atoms with Gasteiger partial charge in [0, 0.05) is 39.5 Å². The van der Waals surface area contributed by atoms with Crippen molar-refractivity contribution >= 4 is 11.3 Å². The average molecular weight is 352 g/mol. The van der Waals surface area contributed by atoms with Gasteiger partial charge >= 0.3 is 0 Å². The van der Waals surface area contributed by atoms with Gasteiger partial charge in [-0.05, 0) is 44.5 Å². The van der Waals surface area contributed by atoms with Gasteiger partial charge in [0.1, 0.15) is 0 Å². The maximum Gasteiger partial charge on any atom is 0.260 e. The molecule has 0 spiro atoms. The number of aromatic nitrogens is 1. The van der Waals surface area contributed by atoms with Crippen molar-refractivity contribution in [3.8, 4) is 10.4 Å². The largest absolute Gasteiger partial charge is 0.326 e. The maximum absolute atomic E-state index is 13.5. The van der Waals surface area contributed by atoms with Gasteiger partial charge in [0.2, 0.25) is 0 Å². The van der Waals surface area contributed by atoms with E-state index >= 15 is 0 Å². The van der Waals surface area contributed by atoms with Crippen molar-refractivity contribution < 1.29 is 8.78 Å². The van der Waals surface area contributed by atoms with Crippen LogP contribution in [0.1, 0.15) is 35.9 Å². The lowest BCUT2D eigenvalue weighted by molar-refractivity contribution is -0.0658. The molecule has 0 bridgehead atoms. The molecule has 1 aliphatic heterocycles. The van der Waals surface area contributed by atoms with Crippen LogP contribution in [0.4, 0.5) is 8.78 Å². The number of rotatable bonds is 4. The van der Waals surface area contributed by atoms with E-state index in [2.05, 4.69) is 4.98 Å². The van der Waals surface area contributed by atoms with E-state index in [1.807, 2.05) is 36.9 Å². The first kappa shape index (κ1) is 17.3. The van der Waals surface area contributed by atoms with Gasteiger partial charge in [-0.3, -0.25) is 9.69 Å². The number of aryl methyl sites for hydroxylation is 2. The van der Waals surface area contributed by atoms with Crippen LogP contribution in [0, 0.1) is 6.92 Å². The molecule has 0 atom stereocenters. The van der Waals surface area contributed by atoms with Crippen molar-refractivity contribution in [2.75, 3.05) is 13.1 Å². The van der Waals surface area contributed by atoms with Gasteiger partial charge < -0.3 is 4.98 Å². The van der Waals surface area contributed by atoms with Crippen LogP contribution < -0.4 is 5.56 Å². The molecule has 24 heavy (non-hydrogen) atoms. The van der Waals surface area contributed by atoms with Gasteiger partial charge in [-0.1, -0.05) is 6.92 Å². The molecule has 0 radical (unpaired) electrons. The lowest BCUT2D eigenvalue weighted by Crippen LogP contribution is -2.41. The molecular weight excluding hydrogens is 330 g/mol. The third-order valence-electron chi connectivity index (χ3n) is 4.47. The second-order valence-corrected chi connectivity index (χ2v) is 7.62. The summed E-state index contributed by atoms with van der Waals surface area (Å²) >= 11 is 1.61. The highest BCUT2D eigenvalue weighted by atomic mass is 32.1. The Kier molecular flexibility index (Phi) is 4.88. The molecule has 2 aromatic rings. The lowest BCUT2D eigenvalue weighted by atomic mass is 10.1. The molecular formula is C18H22F2N2OS. The number of halogens is 2. The summed E-state index contributed by atoms with van der Waals surface area (Å²) in [7, 11) is 0. The Morgan fingerprint density at radius 1 is 1.38 bits per heavy atom. The molecule has 0 unspecified atom stereocenters. The first-order valence-electron chi connectivity index (χ1n) is 8.30. The molecule has 1 N–H and O–H groups in total. The van der Waals surface area contributed by atoms with Gasteiger partial charge in [0.15, 0.2) is 0 Å². The lowest BCUT2D eigenvalue weighted by Gasteiger charge is -2.31. The number of piperidine rings is 1. The molecule has 6 heteroatoms. The van der Waals surface area contributed by atoms with Crippen molar-refractivity contribution in [3.63, 3.8) is 0 Å². The van der Waals surface area contributed by atoms with Gasteiger partial charge in [-0.2, -0.15) is 0 Å². The molecule has 2 aromatic heterocycles. The third kappa shape index (κ3) is 3.75. The smallest absolute Gasteiger partial charge is 0.260 e. The Hall–Kier alpha value is -1.53. The minimum Gasteiger partial charge on any atom is -0.326 e. The van der Waals surface area contributed by atoms with Crippen LogP contribution in [-0.4, -0.2) is 28.9 Å². The summed E-state index contributed by atoms with van der Waals surface area (Å²) in [5, 5.41) is 0. The summed E-state index contributed by atoms with van der Waals surface area (Å²) in [6.45, 7) is 4.97. The first-order chi connectivity index (χ1) is 11.4. The fourth-order valence-corrected chi connectivity index (χ4v) is 4.32. The van der Waals surface area contributed by atoms with E-state index in [1.165, 1.54) is 0 Å². The second kappa shape index (κ2) is 6.76. The predicted octanol–water partition coefficient (Wildman–Crippen LogP) is 4.21. The van der Waals surface area contributed by atoms with Gasteiger partial charge in [0.25, 0.3) is 11.5 Å². The van der Waals surface area contributed by atoms with Gasteiger partial charge in [-0.25, -0.2) is 8.78 Å². The molecule has 3 heterocycles. The number of hydrogen-bond donors (Lipinski definition) is 1. The van der Waals surface area contributed by atoms with Crippen molar-refractivity contribution in [2.24, 2.45) is 0 Å². The maximum atomic E-state index is 13.5. The van der Waals surface area contributed by atoms with Crippen LogP contribution in [0.5, 0.6) is 0 Å². The van der Waals surface area contributed by atoms with E-state index in [0.717, 1.165) is 33.1 Å². The Labute approximate surface area is 144 Å². The molecule has 1 saturated heterocycles. The van der Waals surface area contributed by atoms with E-state index in [-0.39, 0.29) is 18.5 Å². The molecule has 1 fully saturated rings. The Bertz CT molecular complexity index is 782. The molecule has 0 amide bonds. The SMILES string of the molecule is CCc1cc(-c2ccc(CN3CCCC(F)(F)C3)s2)c(C)[nH]c1=O. The number of pyridine rings is 1. The molecule has 3 nitrogen and oxygen atoms in total. The second-order valence-electron chi connectivity index (χ2n) is 6.45. The highest BCUT2D eigenvalue weighted by molar-refractivity contribution is 7.15. The van der Waals surface area contributed by atoms with Crippen LogP contribution in [0.25, 0.3) is 10.4 Å². The molecule has 130 valence electrons. The predicted molar refractivity (Wildman–Crippen MR) is 93.9 cm³/mol. The Balaban J connectivity index is 1.80. The minimum atomic E-state index is -2.57. The van der Waals surface area contributed by atoms with Crippen LogP contribution in [0.15, 0.2) is 23.0 Å². The zero-order valence-electron chi connectivity index (χ0n) is 14.0. The summed E-state index contributed by atoms with van der Waals surface area (Å²) in [6.07, 6.45) is 1.23. The van der Waals surface area contributed by atoms with Crippen molar-refractivity contribution in [3.05, 3.63) is 44.7 Å². The zero-order valence-corrected chi connectivity index (χ0v) is 14.8. The van der Waals surface area contributed by atoms with Gasteiger partial charge in [0.05, 0.1) is 6.54 Å². The fraction of sp³-hybridized carbons (Fsp3) is 0.500. The fourth-order valence-electron chi connectivity index (χ4n) is 3.19. The van der Waals surface area contributed by atoms with E-state index in [1.54, 1.807) is 11.3 Å². The zero-order chi connectivity index (χ0) is 17.3. The van der Waals surface area contributed by atoms with E-state index in [9.17, 15) is 13.6 Å². The van der Waals surface area contributed by atoms with Crippen LogP contribution in [0.2, 0.25) is 0 Å². The van der Waals surface area contributed by atoms with Crippen molar-refractivity contribution in [1.29, 1.82) is 0 Å². The number of aromatic amines is 1. The number of likely N-dealkylation sites (tertiary alicyclic amines) is 1. The number of hydrogen-bond acceptors (Lipinski definition) is 3. The minimum absolute atomic E-state index is 0.00441. The van der Waals surface area contributed by atoms with Crippen molar-refractivity contribution in [2.45, 2.75) is 45.6 Å². The van der Waals surface area contributed by atoms with E-state index in [0.29, 0.717) is 19.4 Å². The molecule has 0 saturated carbocycles. The number of alkyl halides is 2. The van der Waals surface area contributed by atoms with Crippen LogP contribution in [-0.2, 0) is 13.0 Å². The number of nitrogens with zero attached hydrogens (tertiary/aromatic N) is 1. The van der Waals surface area contributed by atoms with Crippen molar-refractivity contribution in [1.82, 2.24) is 9.88 Å². The first-order valence-corrected chi connectivity index (χ1v) is 9.11. The Morgan fingerprint density at radius 3 is 2.88 bits per heavy atom. The van der Waals surface area contributed by atoms with E-state index in [4.69, 9.17) is 0 Å². The summed E-state index contributed by atoms with van der Waals surface area (Å²) < 4.78 is 27.1. The summed E-state index contributed by atoms with van der Waals surface area (Å²) in [6, 6.07) is 5.96. The number of nitrogens with one attached hydrogen (secondary N) is 1. The summed E-state index contributed by atoms with van der Waals surface area (Å²) in [4.78, 5) is 18.7. The Morgan fingerprint density at radius 2 is 2.17 bits per heavy atom. The molecule has 3 rings (SSSR count). The third-order valence-corrected chi connectivity index (χ3v) is 5.58. The highest BCUT2D eigenvalue weighted by Crippen LogP contribution is 2.32. The normalized spacial score (nSPS) is 18.0. The summed E-state index contributed by atoms with van der Waals surface area (Å²) in [5.74, 6) is -2.57. The number of H-pyrrole nitrogens is 1. The molecule has 0 aliphatic carbocycles. The van der Waals surface area contributed by atoms with Gasteiger partial charge in [-0.15, -0.1) is 11.3 Å². The number of thiophene rings is 1. The monoisotopic (exact) mass is 352 g/mol. The van der Waals surface area contributed by atoms with Crippen LogP contribution >= 0.6 is 11.3 Å². The highest BCUT2D eigenvalue weighted by Gasteiger charge is 2.35. The standard InChI is InChI=1S/C18H22F2N2OS/c1-3-13-9-15(12(2)21-17(13)23)16-6-5-14(24-16)10-22-8-4-7-18(19,20)11-22/h5-6,9H,3-4,7-8,10-11H2,1-2H3,(H,21,23). The summed E-state index contributed by atoms with van der Waals surface area (Å²) in [5.41, 5.74) is 2.59. The molecule has 0 aromatic carbocycles. The molecule has 1 aliphatic rings. The van der Waals surface area contributed by atoms with Crippen LogP contribution in [0.3, 0.4) is 0 Å². The topological polar surface area (TPSA) is 36.1 Å². The van der Waals surface area contributed by atoms with E-state index < -0.39 is 5.92 Å². The average Bonchev–Trinajstić information content (AvgIpc) is 2.94. The quantitative estimate of drug-likeness (QED) is 0.895.